The summed E-state index contributed by atoms with van der Waals surface area (Å²) in [5.74, 6) is -0.725. The van der Waals surface area contributed by atoms with Gasteiger partial charge in [0.05, 0.1) is 0 Å². The van der Waals surface area contributed by atoms with Crippen molar-refractivity contribution >= 4 is 11.5 Å². The van der Waals surface area contributed by atoms with Crippen LogP contribution in [0.3, 0.4) is 0 Å². The van der Waals surface area contributed by atoms with Gasteiger partial charge in [0.2, 0.25) is 5.95 Å². The zero-order chi connectivity index (χ0) is 13.9. The van der Waals surface area contributed by atoms with Crippen LogP contribution < -0.4 is 10.1 Å². The van der Waals surface area contributed by atoms with E-state index in [1.165, 1.54) is 30.3 Å². The van der Waals surface area contributed by atoms with Crippen molar-refractivity contribution in [2.45, 2.75) is 6.36 Å². The summed E-state index contributed by atoms with van der Waals surface area (Å²) < 4.78 is 52.4. The Balaban J connectivity index is 2.07. The predicted octanol–water partition coefficient (Wildman–Crippen LogP) is 3.86. The number of halogens is 4. The van der Waals surface area contributed by atoms with Gasteiger partial charge < -0.3 is 10.1 Å². The number of anilines is 2. The van der Waals surface area contributed by atoms with Crippen LogP contribution in [-0.2, 0) is 0 Å². The Bertz CT molecular complexity index is 554. The number of aromatic nitrogens is 1. The van der Waals surface area contributed by atoms with Crippen molar-refractivity contribution in [3.8, 4) is 5.75 Å². The average Bonchev–Trinajstić information content (AvgIpc) is 2.30. The molecule has 0 aliphatic rings. The van der Waals surface area contributed by atoms with Gasteiger partial charge in [0.15, 0.2) is 0 Å². The molecular weight excluding hydrogens is 264 g/mol. The van der Waals surface area contributed by atoms with Gasteiger partial charge in [-0.3, -0.25) is 0 Å². The van der Waals surface area contributed by atoms with E-state index >= 15 is 0 Å². The van der Waals surface area contributed by atoms with E-state index in [1.54, 1.807) is 0 Å². The molecule has 3 nitrogen and oxygen atoms in total. The van der Waals surface area contributed by atoms with Gasteiger partial charge in [-0.2, -0.15) is 4.39 Å². The fourth-order valence-electron chi connectivity index (χ4n) is 1.37. The first-order chi connectivity index (χ1) is 8.92. The molecular formula is C12H8F4N2O. The van der Waals surface area contributed by atoms with Crippen LogP contribution in [0.4, 0.5) is 29.1 Å². The lowest BCUT2D eigenvalue weighted by Gasteiger charge is -2.10. The van der Waals surface area contributed by atoms with E-state index in [2.05, 4.69) is 15.0 Å². The summed E-state index contributed by atoms with van der Waals surface area (Å²) in [7, 11) is 0. The number of nitrogens with zero attached hydrogens (tertiary/aromatic N) is 1. The largest absolute Gasteiger partial charge is 0.573 e. The molecule has 2 aromatic rings. The maximum atomic E-state index is 12.8. The zero-order valence-corrected chi connectivity index (χ0v) is 9.41. The first-order valence-electron chi connectivity index (χ1n) is 5.18. The molecule has 1 aromatic heterocycles. The highest BCUT2D eigenvalue weighted by Crippen LogP contribution is 2.24. The summed E-state index contributed by atoms with van der Waals surface area (Å²) in [5, 5.41) is 2.75. The second-order valence-electron chi connectivity index (χ2n) is 3.54. The van der Waals surface area contributed by atoms with Crippen LogP contribution in [0.1, 0.15) is 0 Å². The van der Waals surface area contributed by atoms with E-state index in [4.69, 9.17) is 0 Å². The fourth-order valence-corrected chi connectivity index (χ4v) is 1.37. The number of rotatable bonds is 3. The molecule has 0 saturated carbocycles. The third-order valence-electron chi connectivity index (χ3n) is 2.08. The summed E-state index contributed by atoms with van der Waals surface area (Å²) in [4.78, 5) is 3.56. The molecule has 0 radical (unpaired) electrons. The smallest absolute Gasteiger partial charge is 0.406 e. The summed E-state index contributed by atoms with van der Waals surface area (Å²) in [6, 6.07) is 9.21. The molecule has 1 N–H and O–H groups in total. The van der Waals surface area contributed by atoms with Gasteiger partial charge in [0, 0.05) is 5.69 Å². The van der Waals surface area contributed by atoms with Crippen LogP contribution in [-0.4, -0.2) is 11.3 Å². The monoisotopic (exact) mass is 272 g/mol. The third kappa shape index (κ3) is 4.13. The van der Waals surface area contributed by atoms with Crippen molar-refractivity contribution < 1.29 is 22.3 Å². The standard InChI is InChI=1S/C12H8F4N2O/c13-10-2-1-3-11(18-10)17-8-4-6-9(7-5-8)19-12(14,15)16/h1-7H,(H,17,18). The molecule has 0 amide bonds. The second kappa shape index (κ2) is 5.13. The van der Waals surface area contributed by atoms with E-state index in [-0.39, 0.29) is 11.6 Å². The number of benzene rings is 1. The van der Waals surface area contributed by atoms with Crippen molar-refractivity contribution in [2.75, 3.05) is 5.32 Å². The number of alkyl halides is 3. The molecule has 1 heterocycles. The van der Waals surface area contributed by atoms with Crippen molar-refractivity contribution in [3.05, 3.63) is 48.4 Å². The van der Waals surface area contributed by atoms with E-state index in [0.29, 0.717) is 5.69 Å². The van der Waals surface area contributed by atoms with Crippen molar-refractivity contribution in [2.24, 2.45) is 0 Å². The van der Waals surface area contributed by atoms with Gasteiger partial charge in [-0.05, 0) is 36.4 Å². The highest BCUT2D eigenvalue weighted by atomic mass is 19.4. The Kier molecular flexibility index (Phi) is 3.55. The minimum absolute atomic E-state index is 0.254. The Morgan fingerprint density at radius 2 is 1.68 bits per heavy atom. The number of pyridine rings is 1. The highest BCUT2D eigenvalue weighted by Gasteiger charge is 2.30. The molecule has 2 rings (SSSR count). The Morgan fingerprint density at radius 1 is 1.00 bits per heavy atom. The lowest BCUT2D eigenvalue weighted by atomic mass is 10.3. The molecule has 0 bridgehead atoms. The molecule has 0 atom stereocenters. The summed E-state index contributed by atoms with van der Waals surface area (Å²) in [6.07, 6.45) is -4.72. The number of ether oxygens (including phenoxy) is 1. The molecule has 100 valence electrons. The van der Waals surface area contributed by atoms with Gasteiger partial charge in [-0.15, -0.1) is 13.2 Å². The number of nitrogens with one attached hydrogen (secondary N) is 1. The minimum atomic E-state index is -4.72. The van der Waals surface area contributed by atoms with Gasteiger partial charge >= 0.3 is 6.36 Å². The van der Waals surface area contributed by atoms with E-state index < -0.39 is 12.3 Å². The predicted molar refractivity (Wildman–Crippen MR) is 60.6 cm³/mol. The summed E-state index contributed by atoms with van der Waals surface area (Å²) >= 11 is 0. The molecule has 0 spiro atoms. The number of hydrogen-bond acceptors (Lipinski definition) is 3. The topological polar surface area (TPSA) is 34.1 Å². The van der Waals surface area contributed by atoms with Crippen molar-refractivity contribution in [1.29, 1.82) is 0 Å². The normalized spacial score (nSPS) is 11.2. The Morgan fingerprint density at radius 3 is 2.26 bits per heavy atom. The SMILES string of the molecule is Fc1cccc(Nc2ccc(OC(F)(F)F)cc2)n1. The van der Waals surface area contributed by atoms with E-state index in [0.717, 1.165) is 12.1 Å². The molecule has 19 heavy (non-hydrogen) atoms. The lowest BCUT2D eigenvalue weighted by Crippen LogP contribution is -2.16. The number of hydrogen-bond donors (Lipinski definition) is 1. The van der Waals surface area contributed by atoms with Gasteiger partial charge in [-0.25, -0.2) is 4.98 Å². The Hall–Kier alpha value is -2.31. The molecule has 0 unspecified atom stereocenters. The molecule has 1 aromatic carbocycles. The molecule has 0 aliphatic heterocycles. The van der Waals surface area contributed by atoms with Crippen LogP contribution in [0.15, 0.2) is 42.5 Å². The average molecular weight is 272 g/mol. The van der Waals surface area contributed by atoms with Crippen LogP contribution in [0.5, 0.6) is 5.75 Å². The van der Waals surface area contributed by atoms with Crippen LogP contribution in [0.2, 0.25) is 0 Å². The molecule has 0 fully saturated rings. The highest BCUT2D eigenvalue weighted by molar-refractivity contribution is 5.56. The van der Waals surface area contributed by atoms with Gasteiger partial charge in [0.1, 0.15) is 11.6 Å². The Labute approximate surface area is 105 Å². The van der Waals surface area contributed by atoms with E-state index in [9.17, 15) is 17.6 Å². The maximum Gasteiger partial charge on any atom is 0.573 e. The minimum Gasteiger partial charge on any atom is -0.406 e. The lowest BCUT2D eigenvalue weighted by molar-refractivity contribution is -0.274. The van der Waals surface area contributed by atoms with E-state index in [1.807, 2.05) is 0 Å². The molecule has 0 saturated heterocycles. The summed E-state index contributed by atoms with van der Waals surface area (Å²) in [5.41, 5.74) is 0.465. The third-order valence-corrected chi connectivity index (χ3v) is 2.08. The van der Waals surface area contributed by atoms with Gasteiger partial charge in [0.25, 0.3) is 0 Å². The first kappa shape index (κ1) is 13.1. The second-order valence-corrected chi connectivity index (χ2v) is 3.54. The van der Waals surface area contributed by atoms with Crippen molar-refractivity contribution in [3.63, 3.8) is 0 Å². The first-order valence-corrected chi connectivity index (χ1v) is 5.18. The van der Waals surface area contributed by atoms with Crippen LogP contribution in [0, 0.1) is 5.95 Å². The zero-order valence-electron chi connectivity index (χ0n) is 9.41. The fraction of sp³-hybridized carbons (Fsp3) is 0.0833. The summed E-state index contributed by atoms with van der Waals surface area (Å²) in [6.45, 7) is 0. The van der Waals surface area contributed by atoms with Gasteiger partial charge in [-0.1, -0.05) is 6.07 Å². The molecule has 7 heteroatoms. The molecule has 0 aliphatic carbocycles. The quantitative estimate of drug-likeness (QED) is 0.680. The van der Waals surface area contributed by atoms with Crippen LogP contribution in [0.25, 0.3) is 0 Å². The van der Waals surface area contributed by atoms with Crippen LogP contribution >= 0.6 is 0 Å². The van der Waals surface area contributed by atoms with Crippen molar-refractivity contribution in [1.82, 2.24) is 4.98 Å². The maximum absolute atomic E-state index is 12.8.